The molecule has 1 rings (SSSR count). The zero-order valence-corrected chi connectivity index (χ0v) is 10.1. The molecule has 1 aliphatic carbocycles. The molecule has 0 aromatic carbocycles. The Balaban J connectivity index is 1.93. The summed E-state index contributed by atoms with van der Waals surface area (Å²) >= 11 is 0. The van der Waals surface area contributed by atoms with Gasteiger partial charge in [0.2, 0.25) is 0 Å². The Morgan fingerprint density at radius 3 is 2.07 bits per heavy atom. The van der Waals surface area contributed by atoms with E-state index in [9.17, 15) is 0 Å². The Kier molecular flexibility index (Phi) is 7.17. The van der Waals surface area contributed by atoms with Crippen molar-refractivity contribution >= 4 is 0 Å². The highest BCUT2D eigenvalue weighted by molar-refractivity contribution is 4.64. The molecule has 84 valence electrons. The van der Waals surface area contributed by atoms with Crippen LogP contribution in [0.2, 0.25) is 0 Å². The first-order valence-electron chi connectivity index (χ1n) is 6.93. The van der Waals surface area contributed by atoms with E-state index < -0.39 is 0 Å². The molecule has 1 aliphatic rings. The summed E-state index contributed by atoms with van der Waals surface area (Å²) in [5.74, 6) is 1.10. The van der Waals surface area contributed by atoms with Crippen molar-refractivity contribution in [3.05, 3.63) is 0 Å². The fourth-order valence-electron chi connectivity index (χ4n) is 2.69. The molecule has 0 saturated heterocycles. The van der Waals surface area contributed by atoms with Gasteiger partial charge in [0, 0.05) is 0 Å². The van der Waals surface area contributed by atoms with Crippen LogP contribution in [0.4, 0.5) is 0 Å². The van der Waals surface area contributed by atoms with Gasteiger partial charge in [0.1, 0.15) is 0 Å². The standard InChI is InChI=1S/C14H28/c1-2-3-4-5-8-11-14-12-9-6-7-10-13-14/h14H,2-13H2,1H3. The van der Waals surface area contributed by atoms with Crippen LogP contribution >= 0.6 is 0 Å². The van der Waals surface area contributed by atoms with Crippen LogP contribution in [0.25, 0.3) is 0 Å². The molecule has 0 bridgehead atoms. The summed E-state index contributed by atoms with van der Waals surface area (Å²) < 4.78 is 0. The molecule has 0 amide bonds. The predicted octanol–water partition coefficient (Wildman–Crippen LogP) is 5.32. The lowest BCUT2D eigenvalue weighted by Gasteiger charge is -2.13. The van der Waals surface area contributed by atoms with Crippen molar-refractivity contribution in [1.82, 2.24) is 0 Å². The van der Waals surface area contributed by atoms with Crippen LogP contribution in [0.1, 0.15) is 84.0 Å². The maximum absolute atomic E-state index is 2.30. The number of rotatable bonds is 6. The Labute approximate surface area is 90.5 Å². The third kappa shape index (κ3) is 5.67. The van der Waals surface area contributed by atoms with Crippen LogP contribution in [0.3, 0.4) is 0 Å². The molecular weight excluding hydrogens is 168 g/mol. The molecule has 0 aromatic rings. The van der Waals surface area contributed by atoms with Crippen LogP contribution in [-0.4, -0.2) is 0 Å². The first kappa shape index (κ1) is 12.1. The number of hydrogen-bond donors (Lipinski definition) is 0. The molecule has 0 spiro atoms. The zero-order valence-electron chi connectivity index (χ0n) is 10.1. The Hall–Kier alpha value is 0. The summed E-state index contributed by atoms with van der Waals surface area (Å²) in [6.07, 6.45) is 17.9. The van der Waals surface area contributed by atoms with Crippen molar-refractivity contribution in [3.63, 3.8) is 0 Å². The van der Waals surface area contributed by atoms with Crippen molar-refractivity contribution < 1.29 is 0 Å². The molecule has 14 heavy (non-hydrogen) atoms. The smallest absolute Gasteiger partial charge is 0.0414 e. The summed E-state index contributed by atoms with van der Waals surface area (Å²) in [4.78, 5) is 0. The fourth-order valence-corrected chi connectivity index (χ4v) is 2.69. The van der Waals surface area contributed by atoms with E-state index in [-0.39, 0.29) is 0 Å². The lowest BCUT2D eigenvalue weighted by Crippen LogP contribution is -1.98. The maximum atomic E-state index is 2.30. The average Bonchev–Trinajstić information content (AvgIpc) is 2.46. The van der Waals surface area contributed by atoms with Crippen LogP contribution < -0.4 is 0 Å². The summed E-state index contributed by atoms with van der Waals surface area (Å²) in [5, 5.41) is 0. The van der Waals surface area contributed by atoms with Gasteiger partial charge in [0.05, 0.1) is 0 Å². The second kappa shape index (κ2) is 8.32. The van der Waals surface area contributed by atoms with Crippen LogP contribution in [-0.2, 0) is 0 Å². The van der Waals surface area contributed by atoms with Crippen molar-refractivity contribution in [1.29, 1.82) is 0 Å². The summed E-state index contributed by atoms with van der Waals surface area (Å²) in [6.45, 7) is 2.30. The molecular formula is C14H28. The van der Waals surface area contributed by atoms with Gasteiger partial charge in [-0.2, -0.15) is 0 Å². The van der Waals surface area contributed by atoms with Gasteiger partial charge in [-0.05, 0) is 5.92 Å². The quantitative estimate of drug-likeness (QED) is 0.398. The first-order chi connectivity index (χ1) is 6.93. The molecule has 0 atom stereocenters. The van der Waals surface area contributed by atoms with Crippen LogP contribution in [0.15, 0.2) is 0 Å². The molecule has 1 fully saturated rings. The van der Waals surface area contributed by atoms with Crippen molar-refractivity contribution in [2.24, 2.45) is 5.92 Å². The highest BCUT2D eigenvalue weighted by atomic mass is 14.2. The normalized spacial score (nSPS) is 19.5. The molecule has 1 saturated carbocycles. The second-order valence-electron chi connectivity index (χ2n) is 5.06. The summed E-state index contributed by atoms with van der Waals surface area (Å²) in [5.41, 5.74) is 0. The Morgan fingerprint density at radius 1 is 0.786 bits per heavy atom. The molecule has 0 aliphatic heterocycles. The molecule has 0 heteroatoms. The minimum absolute atomic E-state index is 1.10. The van der Waals surface area contributed by atoms with Crippen molar-refractivity contribution in [2.45, 2.75) is 84.0 Å². The van der Waals surface area contributed by atoms with Crippen molar-refractivity contribution in [3.8, 4) is 0 Å². The third-order valence-electron chi connectivity index (χ3n) is 3.69. The topological polar surface area (TPSA) is 0 Å². The van der Waals surface area contributed by atoms with E-state index in [1.807, 2.05) is 0 Å². The van der Waals surface area contributed by atoms with Gasteiger partial charge in [-0.1, -0.05) is 84.0 Å². The number of hydrogen-bond acceptors (Lipinski definition) is 0. The molecule has 0 nitrogen and oxygen atoms in total. The van der Waals surface area contributed by atoms with Gasteiger partial charge in [-0.25, -0.2) is 0 Å². The predicted molar refractivity (Wildman–Crippen MR) is 64.6 cm³/mol. The third-order valence-corrected chi connectivity index (χ3v) is 3.69. The van der Waals surface area contributed by atoms with Gasteiger partial charge >= 0.3 is 0 Å². The van der Waals surface area contributed by atoms with E-state index in [4.69, 9.17) is 0 Å². The van der Waals surface area contributed by atoms with E-state index in [2.05, 4.69) is 6.92 Å². The largest absolute Gasteiger partial charge is 0.0654 e. The summed E-state index contributed by atoms with van der Waals surface area (Å²) in [7, 11) is 0. The average molecular weight is 196 g/mol. The lowest BCUT2D eigenvalue weighted by atomic mass is 9.93. The maximum Gasteiger partial charge on any atom is -0.0414 e. The fraction of sp³-hybridized carbons (Fsp3) is 1.00. The minimum atomic E-state index is 1.10. The van der Waals surface area contributed by atoms with Crippen molar-refractivity contribution in [2.75, 3.05) is 0 Å². The van der Waals surface area contributed by atoms with E-state index in [1.165, 1.54) is 77.0 Å². The van der Waals surface area contributed by atoms with Crippen LogP contribution in [0, 0.1) is 5.92 Å². The van der Waals surface area contributed by atoms with E-state index >= 15 is 0 Å². The van der Waals surface area contributed by atoms with E-state index in [0.717, 1.165) is 5.92 Å². The van der Waals surface area contributed by atoms with Gasteiger partial charge in [-0.3, -0.25) is 0 Å². The van der Waals surface area contributed by atoms with Gasteiger partial charge in [-0.15, -0.1) is 0 Å². The SMILES string of the molecule is CCCCCCCC1CCCCCC1. The molecule has 0 radical (unpaired) electrons. The lowest BCUT2D eigenvalue weighted by molar-refractivity contribution is 0.405. The van der Waals surface area contributed by atoms with E-state index in [1.54, 1.807) is 0 Å². The highest BCUT2D eigenvalue weighted by Crippen LogP contribution is 2.27. The van der Waals surface area contributed by atoms with Gasteiger partial charge in [0.15, 0.2) is 0 Å². The zero-order chi connectivity index (χ0) is 10.1. The van der Waals surface area contributed by atoms with E-state index in [0.29, 0.717) is 0 Å². The summed E-state index contributed by atoms with van der Waals surface area (Å²) in [6, 6.07) is 0. The molecule has 0 N–H and O–H groups in total. The molecule has 0 aromatic heterocycles. The van der Waals surface area contributed by atoms with Gasteiger partial charge in [0.25, 0.3) is 0 Å². The number of unbranched alkanes of at least 4 members (excludes halogenated alkanes) is 4. The molecule has 0 unspecified atom stereocenters. The Morgan fingerprint density at radius 2 is 1.43 bits per heavy atom. The second-order valence-corrected chi connectivity index (χ2v) is 5.06. The first-order valence-corrected chi connectivity index (χ1v) is 6.93. The highest BCUT2D eigenvalue weighted by Gasteiger charge is 2.11. The monoisotopic (exact) mass is 196 g/mol. The van der Waals surface area contributed by atoms with Crippen LogP contribution in [0.5, 0.6) is 0 Å². The molecule has 0 heterocycles. The van der Waals surface area contributed by atoms with Gasteiger partial charge < -0.3 is 0 Å². The minimum Gasteiger partial charge on any atom is -0.0654 e. The Bertz CT molecular complexity index is 109.